The van der Waals surface area contributed by atoms with Crippen molar-refractivity contribution in [3.8, 4) is 0 Å². The number of nitrogens with one attached hydrogen (secondary N) is 1. The van der Waals surface area contributed by atoms with Gasteiger partial charge >= 0.3 is 0 Å². The topological polar surface area (TPSA) is 55.2 Å². The second-order valence-corrected chi connectivity index (χ2v) is 5.69. The van der Waals surface area contributed by atoms with Crippen molar-refractivity contribution in [3.63, 3.8) is 0 Å². The molecule has 0 aromatic heterocycles. The SMILES string of the molecule is CCNC1CCCCCC1Cc1cccc([N+](=O)[O-])c1. The molecule has 1 saturated carbocycles. The summed E-state index contributed by atoms with van der Waals surface area (Å²) >= 11 is 0. The van der Waals surface area contributed by atoms with E-state index in [1.54, 1.807) is 18.2 Å². The average Bonchev–Trinajstić information content (AvgIpc) is 2.65. The first-order chi connectivity index (χ1) is 9.70. The van der Waals surface area contributed by atoms with Gasteiger partial charge in [-0.05, 0) is 37.3 Å². The Bertz CT molecular complexity index is 448. The summed E-state index contributed by atoms with van der Waals surface area (Å²) in [6.45, 7) is 3.14. The maximum atomic E-state index is 10.9. The van der Waals surface area contributed by atoms with Crippen molar-refractivity contribution in [1.29, 1.82) is 0 Å². The van der Waals surface area contributed by atoms with Crippen molar-refractivity contribution < 1.29 is 4.92 Å². The molecule has 1 N–H and O–H groups in total. The molecule has 0 spiro atoms. The van der Waals surface area contributed by atoms with Crippen LogP contribution in [-0.4, -0.2) is 17.5 Å². The van der Waals surface area contributed by atoms with Gasteiger partial charge in [-0.25, -0.2) is 0 Å². The highest BCUT2D eigenvalue weighted by atomic mass is 16.6. The molecule has 1 aromatic carbocycles. The van der Waals surface area contributed by atoms with Crippen molar-refractivity contribution >= 4 is 5.69 Å². The Morgan fingerprint density at radius 1 is 1.30 bits per heavy atom. The second-order valence-electron chi connectivity index (χ2n) is 5.69. The predicted octanol–water partition coefficient (Wildman–Crippen LogP) is 3.70. The zero-order chi connectivity index (χ0) is 14.4. The maximum Gasteiger partial charge on any atom is 0.269 e. The van der Waals surface area contributed by atoms with Crippen LogP contribution in [0.4, 0.5) is 5.69 Å². The quantitative estimate of drug-likeness (QED) is 0.507. The van der Waals surface area contributed by atoms with Crippen LogP contribution in [0.2, 0.25) is 0 Å². The molecule has 2 rings (SSSR count). The normalized spacial score (nSPS) is 23.2. The minimum atomic E-state index is -0.307. The molecule has 0 saturated heterocycles. The standard InChI is InChI=1S/C16H24N2O2/c1-2-17-16-10-5-3-4-8-14(16)11-13-7-6-9-15(12-13)18(19)20/h6-7,9,12,14,16-17H,2-5,8,10-11H2,1H3. The van der Waals surface area contributed by atoms with E-state index < -0.39 is 0 Å². The van der Waals surface area contributed by atoms with Gasteiger partial charge in [0.1, 0.15) is 0 Å². The van der Waals surface area contributed by atoms with E-state index in [9.17, 15) is 10.1 Å². The molecule has 2 unspecified atom stereocenters. The van der Waals surface area contributed by atoms with Crippen molar-refractivity contribution in [3.05, 3.63) is 39.9 Å². The van der Waals surface area contributed by atoms with E-state index in [1.165, 1.54) is 32.1 Å². The fraction of sp³-hybridized carbons (Fsp3) is 0.625. The Kier molecular flexibility index (Phi) is 5.53. The molecule has 1 fully saturated rings. The van der Waals surface area contributed by atoms with Crippen LogP contribution in [0, 0.1) is 16.0 Å². The summed E-state index contributed by atoms with van der Waals surface area (Å²) in [5.41, 5.74) is 1.30. The maximum absolute atomic E-state index is 10.9. The van der Waals surface area contributed by atoms with Crippen LogP contribution >= 0.6 is 0 Å². The van der Waals surface area contributed by atoms with Gasteiger partial charge in [0, 0.05) is 18.2 Å². The summed E-state index contributed by atoms with van der Waals surface area (Å²) < 4.78 is 0. The minimum Gasteiger partial charge on any atom is -0.314 e. The monoisotopic (exact) mass is 276 g/mol. The molecular weight excluding hydrogens is 252 g/mol. The van der Waals surface area contributed by atoms with Gasteiger partial charge < -0.3 is 5.32 Å². The lowest BCUT2D eigenvalue weighted by atomic mass is 9.88. The van der Waals surface area contributed by atoms with E-state index >= 15 is 0 Å². The Morgan fingerprint density at radius 2 is 2.10 bits per heavy atom. The Labute approximate surface area is 120 Å². The number of nitro benzene ring substituents is 1. The summed E-state index contributed by atoms with van der Waals surface area (Å²) in [7, 11) is 0. The van der Waals surface area contributed by atoms with Gasteiger partial charge in [0.25, 0.3) is 5.69 Å². The number of nitro groups is 1. The van der Waals surface area contributed by atoms with Crippen molar-refractivity contribution in [2.45, 2.75) is 51.5 Å². The van der Waals surface area contributed by atoms with Gasteiger partial charge in [0.2, 0.25) is 0 Å². The highest BCUT2D eigenvalue weighted by Crippen LogP contribution is 2.27. The third-order valence-electron chi connectivity index (χ3n) is 4.24. The fourth-order valence-electron chi connectivity index (χ4n) is 3.26. The molecule has 0 heterocycles. The van der Waals surface area contributed by atoms with Crippen LogP contribution in [0.3, 0.4) is 0 Å². The number of nitrogens with zero attached hydrogens (tertiary/aromatic N) is 1. The molecule has 4 nitrogen and oxygen atoms in total. The lowest BCUT2D eigenvalue weighted by Crippen LogP contribution is -2.36. The molecule has 2 atom stereocenters. The van der Waals surface area contributed by atoms with Gasteiger partial charge in [-0.3, -0.25) is 10.1 Å². The number of hydrogen-bond donors (Lipinski definition) is 1. The van der Waals surface area contributed by atoms with Crippen molar-refractivity contribution in [2.24, 2.45) is 5.92 Å². The summed E-state index contributed by atoms with van der Waals surface area (Å²) in [5.74, 6) is 0.597. The van der Waals surface area contributed by atoms with Crippen LogP contribution < -0.4 is 5.32 Å². The highest BCUT2D eigenvalue weighted by molar-refractivity contribution is 5.34. The Hall–Kier alpha value is -1.42. The molecule has 20 heavy (non-hydrogen) atoms. The molecule has 0 radical (unpaired) electrons. The van der Waals surface area contributed by atoms with Crippen LogP contribution in [0.1, 0.15) is 44.6 Å². The molecule has 110 valence electrons. The van der Waals surface area contributed by atoms with Gasteiger partial charge in [-0.1, -0.05) is 38.3 Å². The summed E-state index contributed by atoms with van der Waals surface area (Å²) in [4.78, 5) is 10.6. The van der Waals surface area contributed by atoms with Crippen molar-refractivity contribution in [1.82, 2.24) is 5.32 Å². The van der Waals surface area contributed by atoms with E-state index in [-0.39, 0.29) is 10.6 Å². The van der Waals surface area contributed by atoms with E-state index in [0.29, 0.717) is 12.0 Å². The Balaban J connectivity index is 2.08. The van der Waals surface area contributed by atoms with Crippen LogP contribution in [0.25, 0.3) is 0 Å². The van der Waals surface area contributed by atoms with Gasteiger partial charge in [-0.15, -0.1) is 0 Å². The zero-order valence-corrected chi connectivity index (χ0v) is 12.2. The number of non-ortho nitro benzene ring substituents is 1. The van der Waals surface area contributed by atoms with E-state index in [4.69, 9.17) is 0 Å². The number of rotatable bonds is 5. The molecule has 1 aromatic rings. The Morgan fingerprint density at radius 3 is 2.85 bits per heavy atom. The summed E-state index contributed by atoms with van der Waals surface area (Å²) in [6, 6.07) is 7.67. The van der Waals surface area contributed by atoms with Gasteiger partial charge in [0.05, 0.1) is 4.92 Å². The highest BCUT2D eigenvalue weighted by Gasteiger charge is 2.23. The first-order valence-electron chi connectivity index (χ1n) is 7.67. The van der Waals surface area contributed by atoms with E-state index in [2.05, 4.69) is 12.2 Å². The first-order valence-corrected chi connectivity index (χ1v) is 7.67. The molecule has 0 amide bonds. The largest absolute Gasteiger partial charge is 0.314 e. The third kappa shape index (κ3) is 4.04. The average molecular weight is 276 g/mol. The van der Waals surface area contributed by atoms with Crippen LogP contribution in [-0.2, 0) is 6.42 Å². The molecule has 1 aliphatic carbocycles. The summed E-state index contributed by atoms with van der Waals surface area (Å²) in [6.07, 6.45) is 7.28. The van der Waals surface area contributed by atoms with Crippen LogP contribution in [0.15, 0.2) is 24.3 Å². The smallest absolute Gasteiger partial charge is 0.269 e. The predicted molar refractivity (Wildman–Crippen MR) is 80.8 cm³/mol. The molecule has 1 aliphatic rings. The van der Waals surface area contributed by atoms with Gasteiger partial charge in [-0.2, -0.15) is 0 Å². The van der Waals surface area contributed by atoms with Crippen LogP contribution in [0.5, 0.6) is 0 Å². The fourth-order valence-corrected chi connectivity index (χ4v) is 3.26. The molecule has 0 aliphatic heterocycles. The van der Waals surface area contributed by atoms with Crippen molar-refractivity contribution in [2.75, 3.05) is 6.54 Å². The lowest BCUT2D eigenvalue weighted by molar-refractivity contribution is -0.384. The van der Waals surface area contributed by atoms with E-state index in [1.807, 2.05) is 6.07 Å². The molecule has 0 bridgehead atoms. The third-order valence-corrected chi connectivity index (χ3v) is 4.24. The minimum absolute atomic E-state index is 0.205. The first kappa shape index (κ1) is 15.0. The number of hydrogen-bond acceptors (Lipinski definition) is 3. The number of benzene rings is 1. The van der Waals surface area contributed by atoms with Gasteiger partial charge in [0.15, 0.2) is 0 Å². The second kappa shape index (κ2) is 7.39. The zero-order valence-electron chi connectivity index (χ0n) is 12.2. The lowest BCUT2D eigenvalue weighted by Gasteiger charge is -2.26. The van der Waals surface area contributed by atoms with E-state index in [0.717, 1.165) is 18.5 Å². The summed E-state index contributed by atoms with van der Waals surface area (Å²) in [5, 5.41) is 14.5. The molecule has 4 heteroatoms. The molecular formula is C16H24N2O2.